The average Bonchev–Trinajstić information content (AvgIpc) is 2.83. The fraction of sp³-hybridized carbons (Fsp3) is 0.769. The van der Waals surface area contributed by atoms with Crippen molar-refractivity contribution >= 4 is 11.3 Å². The minimum atomic E-state index is 0.464. The van der Waals surface area contributed by atoms with E-state index in [1.54, 1.807) is 11.3 Å². The van der Waals surface area contributed by atoms with Gasteiger partial charge in [0.1, 0.15) is 0 Å². The number of ether oxygens (including phenoxy) is 1. The molecule has 2 saturated heterocycles. The van der Waals surface area contributed by atoms with E-state index in [1.165, 1.54) is 30.1 Å². The first-order chi connectivity index (χ1) is 8.20. The smallest absolute Gasteiger partial charge is 0.0897 e. The first-order valence-corrected chi connectivity index (χ1v) is 7.37. The van der Waals surface area contributed by atoms with Gasteiger partial charge >= 0.3 is 0 Å². The minimum absolute atomic E-state index is 0.464. The molecule has 4 heteroatoms. The van der Waals surface area contributed by atoms with E-state index in [9.17, 15) is 0 Å². The van der Waals surface area contributed by atoms with E-state index in [2.05, 4.69) is 29.1 Å². The van der Waals surface area contributed by atoms with Crippen LogP contribution in [0.4, 0.5) is 0 Å². The second kappa shape index (κ2) is 4.67. The topological polar surface area (TPSA) is 25.4 Å². The van der Waals surface area contributed by atoms with Gasteiger partial charge in [0.2, 0.25) is 0 Å². The highest BCUT2D eigenvalue weighted by Crippen LogP contribution is 2.33. The average molecular weight is 252 g/mol. The van der Waals surface area contributed by atoms with E-state index in [0.29, 0.717) is 12.2 Å². The van der Waals surface area contributed by atoms with Crippen molar-refractivity contribution < 1.29 is 4.74 Å². The molecule has 3 atom stereocenters. The Morgan fingerprint density at radius 3 is 3.24 bits per heavy atom. The van der Waals surface area contributed by atoms with Crippen molar-refractivity contribution in [1.82, 2.24) is 9.88 Å². The zero-order valence-electron chi connectivity index (χ0n) is 10.6. The van der Waals surface area contributed by atoms with Gasteiger partial charge in [-0.25, -0.2) is 4.98 Å². The summed E-state index contributed by atoms with van der Waals surface area (Å²) in [6.45, 7) is 7.55. The van der Waals surface area contributed by atoms with Crippen molar-refractivity contribution in [3.05, 3.63) is 16.1 Å². The number of aromatic nitrogens is 1. The molecule has 0 unspecified atom stereocenters. The van der Waals surface area contributed by atoms with Gasteiger partial charge < -0.3 is 4.74 Å². The zero-order chi connectivity index (χ0) is 11.8. The highest BCUT2D eigenvalue weighted by molar-refractivity contribution is 7.09. The van der Waals surface area contributed by atoms with Gasteiger partial charge in [0, 0.05) is 18.5 Å². The predicted molar refractivity (Wildman–Crippen MR) is 69.2 cm³/mol. The zero-order valence-corrected chi connectivity index (χ0v) is 11.4. The molecule has 1 aromatic rings. The number of nitrogens with zero attached hydrogens (tertiary/aromatic N) is 2. The molecule has 2 aliphatic rings. The molecule has 3 nitrogen and oxygen atoms in total. The number of likely N-dealkylation sites (tertiary alicyclic amines) is 1. The summed E-state index contributed by atoms with van der Waals surface area (Å²) >= 11 is 1.74. The van der Waals surface area contributed by atoms with E-state index in [4.69, 9.17) is 4.74 Å². The first-order valence-electron chi connectivity index (χ1n) is 6.49. The summed E-state index contributed by atoms with van der Waals surface area (Å²) in [7, 11) is 0. The van der Waals surface area contributed by atoms with Gasteiger partial charge in [-0.15, -0.1) is 11.3 Å². The van der Waals surface area contributed by atoms with E-state index in [0.717, 1.165) is 19.0 Å². The Morgan fingerprint density at radius 2 is 2.47 bits per heavy atom. The second-order valence-corrected chi connectivity index (χ2v) is 6.42. The van der Waals surface area contributed by atoms with Crippen molar-refractivity contribution in [1.29, 1.82) is 0 Å². The van der Waals surface area contributed by atoms with Crippen LogP contribution in [-0.4, -0.2) is 35.2 Å². The Labute approximate surface area is 107 Å². The van der Waals surface area contributed by atoms with Crippen molar-refractivity contribution in [2.45, 2.75) is 45.4 Å². The molecule has 17 heavy (non-hydrogen) atoms. The molecule has 2 fully saturated rings. The molecule has 94 valence electrons. The van der Waals surface area contributed by atoms with Gasteiger partial charge in [0.25, 0.3) is 0 Å². The number of rotatable bonds is 2. The Hall–Kier alpha value is -0.450. The maximum Gasteiger partial charge on any atom is 0.0897 e. The van der Waals surface area contributed by atoms with Crippen molar-refractivity contribution in [2.24, 2.45) is 5.92 Å². The molecule has 0 saturated carbocycles. The molecule has 0 radical (unpaired) electrons. The third-order valence-electron chi connectivity index (χ3n) is 3.87. The first kappa shape index (κ1) is 11.6. The van der Waals surface area contributed by atoms with Gasteiger partial charge in [0.15, 0.2) is 0 Å². The minimum Gasteiger partial charge on any atom is -0.374 e. The summed E-state index contributed by atoms with van der Waals surface area (Å²) in [4.78, 5) is 7.04. The van der Waals surface area contributed by atoms with E-state index < -0.39 is 0 Å². The van der Waals surface area contributed by atoms with Gasteiger partial charge in [-0.2, -0.15) is 0 Å². The van der Waals surface area contributed by atoms with Crippen molar-refractivity contribution in [3.63, 3.8) is 0 Å². The van der Waals surface area contributed by atoms with Gasteiger partial charge in [-0.1, -0.05) is 0 Å². The highest BCUT2D eigenvalue weighted by atomic mass is 32.1. The normalized spacial score (nSPS) is 33.9. The fourth-order valence-corrected chi connectivity index (χ4v) is 3.69. The maximum atomic E-state index is 5.98. The van der Waals surface area contributed by atoms with Crippen LogP contribution in [0.25, 0.3) is 0 Å². The number of aryl methyl sites for hydroxylation is 1. The largest absolute Gasteiger partial charge is 0.374 e. The van der Waals surface area contributed by atoms with Crippen LogP contribution in [0.5, 0.6) is 0 Å². The van der Waals surface area contributed by atoms with Crippen LogP contribution in [0.3, 0.4) is 0 Å². The standard InChI is InChI=1S/C13H20N2OS/c1-9-5-11-3-4-15(7-13(11)16-9)6-12-8-17-10(2)14-12/h8-9,11,13H,3-7H2,1-2H3/t9-,11-,13+/m1/s1. The lowest BCUT2D eigenvalue weighted by Gasteiger charge is -2.33. The Morgan fingerprint density at radius 1 is 1.59 bits per heavy atom. The number of piperidine rings is 1. The SMILES string of the molecule is Cc1nc(CN2CC[C@@H]3C[C@@H](C)O[C@H]3C2)cs1. The monoisotopic (exact) mass is 252 g/mol. The molecule has 0 bridgehead atoms. The van der Waals surface area contributed by atoms with Crippen LogP contribution < -0.4 is 0 Å². The Balaban J connectivity index is 1.59. The van der Waals surface area contributed by atoms with Crippen molar-refractivity contribution in [2.75, 3.05) is 13.1 Å². The van der Waals surface area contributed by atoms with Crippen LogP contribution in [0, 0.1) is 12.8 Å². The summed E-state index contributed by atoms with van der Waals surface area (Å²) < 4.78 is 5.98. The molecule has 2 aliphatic heterocycles. The second-order valence-electron chi connectivity index (χ2n) is 5.36. The van der Waals surface area contributed by atoms with Crippen LogP contribution in [-0.2, 0) is 11.3 Å². The van der Waals surface area contributed by atoms with Gasteiger partial charge in [-0.3, -0.25) is 4.90 Å². The van der Waals surface area contributed by atoms with E-state index in [-0.39, 0.29) is 0 Å². The molecule has 0 aromatic carbocycles. The van der Waals surface area contributed by atoms with Gasteiger partial charge in [0.05, 0.1) is 22.9 Å². The molecule has 1 aromatic heterocycles. The third-order valence-corrected chi connectivity index (χ3v) is 4.70. The summed E-state index contributed by atoms with van der Waals surface area (Å²) in [6, 6.07) is 0. The van der Waals surface area contributed by atoms with Crippen LogP contribution in [0.1, 0.15) is 30.5 Å². The summed E-state index contributed by atoms with van der Waals surface area (Å²) in [5.74, 6) is 0.804. The van der Waals surface area contributed by atoms with E-state index in [1.807, 2.05) is 0 Å². The third kappa shape index (κ3) is 2.54. The number of fused-ring (bicyclic) bond motifs is 1. The molecular formula is C13H20N2OS. The van der Waals surface area contributed by atoms with Crippen LogP contribution in [0.15, 0.2) is 5.38 Å². The summed E-state index contributed by atoms with van der Waals surface area (Å²) in [6.07, 6.45) is 3.48. The number of thiazole rings is 1. The molecule has 0 aliphatic carbocycles. The van der Waals surface area contributed by atoms with Crippen molar-refractivity contribution in [3.8, 4) is 0 Å². The predicted octanol–water partition coefficient (Wildman–Crippen LogP) is 2.45. The molecule has 0 N–H and O–H groups in total. The summed E-state index contributed by atoms with van der Waals surface area (Å²) in [5.41, 5.74) is 1.22. The Bertz CT molecular complexity index is 393. The molecule has 0 amide bonds. The van der Waals surface area contributed by atoms with Crippen LogP contribution >= 0.6 is 11.3 Å². The number of hydrogen-bond acceptors (Lipinski definition) is 4. The van der Waals surface area contributed by atoms with E-state index >= 15 is 0 Å². The quantitative estimate of drug-likeness (QED) is 0.808. The lowest BCUT2D eigenvalue weighted by Crippen LogP contribution is -2.41. The van der Waals surface area contributed by atoms with Crippen LogP contribution in [0.2, 0.25) is 0 Å². The molecular weight excluding hydrogens is 232 g/mol. The summed E-state index contributed by atoms with van der Waals surface area (Å²) in [5, 5.41) is 3.35. The molecule has 3 rings (SSSR count). The number of hydrogen-bond donors (Lipinski definition) is 0. The molecule has 0 spiro atoms. The molecule has 3 heterocycles. The lowest BCUT2D eigenvalue weighted by molar-refractivity contribution is -0.00301. The lowest BCUT2D eigenvalue weighted by atomic mass is 9.92. The van der Waals surface area contributed by atoms with Gasteiger partial charge in [-0.05, 0) is 39.2 Å². The maximum absolute atomic E-state index is 5.98. The Kier molecular flexibility index (Phi) is 3.19. The fourth-order valence-electron chi connectivity index (χ4n) is 3.09. The highest BCUT2D eigenvalue weighted by Gasteiger charge is 2.37.